The van der Waals surface area contributed by atoms with Gasteiger partial charge in [0.2, 0.25) is 0 Å². The average Bonchev–Trinajstić information content (AvgIpc) is 3.00. The molecule has 0 aliphatic rings. The third-order valence-corrected chi connectivity index (χ3v) is 6.70. The highest BCUT2D eigenvalue weighted by Crippen LogP contribution is 2.27. The van der Waals surface area contributed by atoms with Crippen LogP contribution in [-0.4, -0.2) is 14.9 Å². The van der Waals surface area contributed by atoms with Gasteiger partial charge in [0.05, 0.1) is 17.6 Å². The number of hydrogen-bond acceptors (Lipinski definition) is 4. The van der Waals surface area contributed by atoms with Gasteiger partial charge in [0.1, 0.15) is 4.83 Å². The zero-order valence-electron chi connectivity index (χ0n) is 16.1. The lowest BCUT2D eigenvalue weighted by molar-refractivity contribution is 0.0972. The van der Waals surface area contributed by atoms with Crippen LogP contribution in [0.2, 0.25) is 10.0 Å². The van der Waals surface area contributed by atoms with E-state index in [0.717, 1.165) is 15.0 Å². The van der Waals surface area contributed by atoms with Crippen LogP contribution in [0.5, 0.6) is 0 Å². The number of rotatable bonds is 4. The van der Waals surface area contributed by atoms with Crippen molar-refractivity contribution in [3.05, 3.63) is 95.4 Å². The standard InChI is InChI=1S/C22H16Cl2N2O3S/c1-12-13(2)30-21-19(12)20(28)26(17-5-3-4-16(24)10-17)22(29)25(21)11-18(27)14-6-8-15(23)9-7-14/h3-10H,11H2,1-2H3. The van der Waals surface area contributed by atoms with E-state index in [-0.39, 0.29) is 12.3 Å². The molecule has 4 aromatic rings. The number of ketones is 1. The maximum absolute atomic E-state index is 13.4. The second-order valence-electron chi connectivity index (χ2n) is 6.88. The Bertz CT molecular complexity index is 1420. The molecule has 0 fully saturated rings. The molecule has 4 rings (SSSR count). The van der Waals surface area contributed by atoms with E-state index in [4.69, 9.17) is 23.2 Å². The number of Topliss-reactive ketones (excluding diaryl/α,β-unsaturated/α-hetero) is 1. The number of benzene rings is 2. The third-order valence-electron chi connectivity index (χ3n) is 4.99. The number of nitrogens with zero attached hydrogens (tertiary/aromatic N) is 2. The molecular formula is C22H16Cl2N2O3S. The number of aryl methyl sites for hydroxylation is 2. The van der Waals surface area contributed by atoms with E-state index in [1.165, 1.54) is 15.9 Å². The minimum Gasteiger partial charge on any atom is -0.292 e. The zero-order valence-corrected chi connectivity index (χ0v) is 18.4. The first-order chi connectivity index (χ1) is 14.3. The molecular weight excluding hydrogens is 443 g/mol. The van der Waals surface area contributed by atoms with Gasteiger partial charge in [-0.1, -0.05) is 29.3 Å². The van der Waals surface area contributed by atoms with Crippen molar-refractivity contribution in [2.75, 3.05) is 0 Å². The molecule has 152 valence electrons. The zero-order chi connectivity index (χ0) is 21.6. The molecule has 2 heterocycles. The molecule has 0 radical (unpaired) electrons. The van der Waals surface area contributed by atoms with Crippen molar-refractivity contribution in [1.29, 1.82) is 0 Å². The van der Waals surface area contributed by atoms with E-state index >= 15 is 0 Å². The van der Waals surface area contributed by atoms with Crippen LogP contribution >= 0.6 is 34.5 Å². The quantitative estimate of drug-likeness (QED) is 0.403. The number of aromatic nitrogens is 2. The van der Waals surface area contributed by atoms with Crippen LogP contribution in [0.25, 0.3) is 15.9 Å². The summed E-state index contributed by atoms with van der Waals surface area (Å²) in [5, 5.41) is 1.35. The molecule has 0 aliphatic heterocycles. The van der Waals surface area contributed by atoms with E-state index in [2.05, 4.69) is 0 Å². The second-order valence-corrected chi connectivity index (χ2v) is 8.96. The smallest absolute Gasteiger partial charge is 0.292 e. The van der Waals surface area contributed by atoms with Gasteiger partial charge in [-0.3, -0.25) is 14.2 Å². The molecule has 30 heavy (non-hydrogen) atoms. The highest BCUT2D eigenvalue weighted by molar-refractivity contribution is 7.18. The van der Waals surface area contributed by atoms with E-state index < -0.39 is 11.2 Å². The number of hydrogen-bond donors (Lipinski definition) is 0. The molecule has 0 aliphatic carbocycles. The van der Waals surface area contributed by atoms with Crippen molar-refractivity contribution in [1.82, 2.24) is 9.13 Å². The van der Waals surface area contributed by atoms with Crippen LogP contribution in [0.15, 0.2) is 58.1 Å². The van der Waals surface area contributed by atoms with Gasteiger partial charge in [-0.05, 0) is 61.9 Å². The minimum absolute atomic E-state index is 0.197. The molecule has 0 saturated heterocycles. The van der Waals surface area contributed by atoms with Crippen molar-refractivity contribution >= 4 is 50.5 Å². The predicted octanol–water partition coefficient (Wildman–Crippen LogP) is 5.02. The molecule has 0 N–H and O–H groups in total. The van der Waals surface area contributed by atoms with E-state index in [0.29, 0.717) is 31.5 Å². The Balaban J connectivity index is 1.98. The Labute approximate surface area is 185 Å². The fourth-order valence-corrected chi connectivity index (χ4v) is 4.76. The SMILES string of the molecule is Cc1sc2c(c1C)c(=O)n(-c1cccc(Cl)c1)c(=O)n2CC(=O)c1ccc(Cl)cc1. The normalized spacial score (nSPS) is 11.2. The number of fused-ring (bicyclic) bond motifs is 1. The summed E-state index contributed by atoms with van der Waals surface area (Å²) in [4.78, 5) is 40.9. The number of halogens is 2. The fourth-order valence-electron chi connectivity index (χ4n) is 3.31. The summed E-state index contributed by atoms with van der Waals surface area (Å²) in [5.74, 6) is -0.255. The van der Waals surface area contributed by atoms with Crippen molar-refractivity contribution in [2.45, 2.75) is 20.4 Å². The minimum atomic E-state index is -0.585. The lowest BCUT2D eigenvalue weighted by atomic mass is 10.1. The van der Waals surface area contributed by atoms with Crippen LogP contribution in [0.1, 0.15) is 20.8 Å². The van der Waals surface area contributed by atoms with Gasteiger partial charge < -0.3 is 0 Å². The fraction of sp³-hybridized carbons (Fsp3) is 0.136. The summed E-state index contributed by atoms with van der Waals surface area (Å²) < 4.78 is 2.43. The van der Waals surface area contributed by atoms with Gasteiger partial charge in [0.15, 0.2) is 5.78 Å². The van der Waals surface area contributed by atoms with Crippen molar-refractivity contribution in [3.63, 3.8) is 0 Å². The van der Waals surface area contributed by atoms with E-state index in [1.54, 1.807) is 48.5 Å². The molecule has 0 spiro atoms. The maximum Gasteiger partial charge on any atom is 0.337 e. The molecule has 0 amide bonds. The Hall–Kier alpha value is -2.67. The number of carbonyl (C=O) groups excluding carboxylic acids is 1. The van der Waals surface area contributed by atoms with Gasteiger partial charge in [-0.15, -0.1) is 11.3 Å². The molecule has 2 aromatic heterocycles. The summed E-state index contributed by atoms with van der Waals surface area (Å²) >= 11 is 13.3. The molecule has 2 aromatic carbocycles. The van der Waals surface area contributed by atoms with Gasteiger partial charge in [-0.25, -0.2) is 9.36 Å². The van der Waals surface area contributed by atoms with E-state index in [1.807, 2.05) is 13.8 Å². The van der Waals surface area contributed by atoms with Crippen molar-refractivity contribution in [2.24, 2.45) is 0 Å². The third kappa shape index (κ3) is 3.51. The van der Waals surface area contributed by atoms with Crippen molar-refractivity contribution in [3.8, 4) is 5.69 Å². The number of carbonyl (C=O) groups is 1. The second kappa shape index (κ2) is 7.87. The topological polar surface area (TPSA) is 61.1 Å². The lowest BCUT2D eigenvalue weighted by Gasteiger charge is -2.12. The Kier molecular flexibility index (Phi) is 5.40. The first-order valence-corrected chi connectivity index (χ1v) is 10.7. The van der Waals surface area contributed by atoms with Crippen LogP contribution in [0.3, 0.4) is 0 Å². The highest BCUT2D eigenvalue weighted by atomic mass is 35.5. The molecule has 0 atom stereocenters. The first kappa shape index (κ1) is 20.6. The predicted molar refractivity (Wildman–Crippen MR) is 122 cm³/mol. The van der Waals surface area contributed by atoms with Crippen LogP contribution in [0.4, 0.5) is 0 Å². The van der Waals surface area contributed by atoms with Gasteiger partial charge in [-0.2, -0.15) is 0 Å². The monoisotopic (exact) mass is 458 g/mol. The lowest BCUT2D eigenvalue weighted by Crippen LogP contribution is -2.39. The Morgan fingerprint density at radius 1 is 1.00 bits per heavy atom. The maximum atomic E-state index is 13.4. The highest BCUT2D eigenvalue weighted by Gasteiger charge is 2.21. The van der Waals surface area contributed by atoms with E-state index in [9.17, 15) is 14.4 Å². The van der Waals surface area contributed by atoms with Crippen molar-refractivity contribution < 1.29 is 4.79 Å². The molecule has 5 nitrogen and oxygen atoms in total. The van der Waals surface area contributed by atoms with Crippen LogP contribution < -0.4 is 11.2 Å². The summed E-state index contributed by atoms with van der Waals surface area (Å²) in [6.07, 6.45) is 0. The molecule has 0 unspecified atom stereocenters. The summed E-state index contributed by atoms with van der Waals surface area (Å²) in [6.45, 7) is 3.53. The summed E-state index contributed by atoms with van der Waals surface area (Å²) in [7, 11) is 0. The largest absolute Gasteiger partial charge is 0.337 e. The molecule has 0 bridgehead atoms. The molecule has 8 heteroatoms. The Morgan fingerprint density at radius 2 is 1.70 bits per heavy atom. The van der Waals surface area contributed by atoms with Gasteiger partial charge >= 0.3 is 5.69 Å². The summed E-state index contributed by atoms with van der Waals surface area (Å²) in [6, 6.07) is 13.0. The number of thiophene rings is 1. The summed E-state index contributed by atoms with van der Waals surface area (Å²) in [5.41, 5.74) is 0.580. The average molecular weight is 459 g/mol. The van der Waals surface area contributed by atoms with Crippen LogP contribution in [0, 0.1) is 13.8 Å². The van der Waals surface area contributed by atoms with Gasteiger partial charge in [0.25, 0.3) is 5.56 Å². The molecule has 0 saturated carbocycles. The Morgan fingerprint density at radius 3 is 2.37 bits per heavy atom. The first-order valence-electron chi connectivity index (χ1n) is 9.08. The van der Waals surface area contributed by atoms with Crippen LogP contribution in [-0.2, 0) is 6.54 Å². The van der Waals surface area contributed by atoms with Gasteiger partial charge in [0, 0.05) is 20.5 Å².